The Bertz CT molecular complexity index is 728. The van der Waals surface area contributed by atoms with Crippen molar-refractivity contribution in [3.8, 4) is 5.75 Å². The van der Waals surface area contributed by atoms with Crippen molar-refractivity contribution < 1.29 is 5.11 Å². The molecule has 3 aromatic rings. The first kappa shape index (κ1) is 11.3. The Kier molecular flexibility index (Phi) is 2.64. The van der Waals surface area contributed by atoms with Crippen LogP contribution in [0.25, 0.3) is 11.0 Å². The van der Waals surface area contributed by atoms with Crippen LogP contribution in [0.2, 0.25) is 0 Å². The molecule has 2 aromatic carbocycles. The van der Waals surface area contributed by atoms with E-state index in [1.807, 2.05) is 30.3 Å². The van der Waals surface area contributed by atoms with Gasteiger partial charge in [0.05, 0.1) is 11.0 Å². The van der Waals surface area contributed by atoms with E-state index in [2.05, 4.69) is 15.1 Å². The van der Waals surface area contributed by atoms with Gasteiger partial charge in [0.15, 0.2) is 5.82 Å². The van der Waals surface area contributed by atoms with Crippen LogP contribution in [-0.4, -0.2) is 20.8 Å². The van der Waals surface area contributed by atoms with Crippen molar-refractivity contribution >= 4 is 16.7 Å². The lowest BCUT2D eigenvalue weighted by Gasteiger charge is -2.04. The quantitative estimate of drug-likeness (QED) is 0.370. The number of aromatic nitrogens is 2. The molecule has 19 heavy (non-hydrogen) atoms. The van der Waals surface area contributed by atoms with Crippen molar-refractivity contribution in [2.24, 2.45) is 10.9 Å². The van der Waals surface area contributed by atoms with E-state index in [1.165, 1.54) is 0 Å². The number of aromatic amines is 1. The Morgan fingerprint density at radius 3 is 2.58 bits per heavy atom. The predicted octanol–water partition coefficient (Wildman–Crippen LogP) is 1.98. The van der Waals surface area contributed by atoms with E-state index in [1.54, 1.807) is 18.2 Å². The lowest BCUT2D eigenvalue weighted by atomic mass is 10.1. The van der Waals surface area contributed by atoms with Crippen LogP contribution in [0.5, 0.6) is 5.75 Å². The summed E-state index contributed by atoms with van der Waals surface area (Å²) in [6.45, 7) is 0. The van der Waals surface area contributed by atoms with E-state index < -0.39 is 0 Å². The van der Waals surface area contributed by atoms with Crippen LogP contribution < -0.4 is 5.84 Å². The highest BCUT2D eigenvalue weighted by Crippen LogP contribution is 2.20. The second kappa shape index (κ2) is 4.45. The number of H-pyrrole nitrogens is 1. The van der Waals surface area contributed by atoms with Crippen LogP contribution in [0.4, 0.5) is 0 Å². The summed E-state index contributed by atoms with van der Waals surface area (Å²) >= 11 is 0. The molecule has 0 atom stereocenters. The molecular weight excluding hydrogens is 240 g/mol. The summed E-state index contributed by atoms with van der Waals surface area (Å²) in [7, 11) is 0. The minimum atomic E-state index is 0.118. The summed E-state index contributed by atoms with van der Waals surface area (Å²) in [4.78, 5) is 7.56. The zero-order chi connectivity index (χ0) is 13.2. The van der Waals surface area contributed by atoms with Gasteiger partial charge in [-0.15, -0.1) is 0 Å². The number of fused-ring (bicyclic) bond motifs is 1. The molecule has 0 saturated heterocycles. The van der Waals surface area contributed by atoms with Crippen LogP contribution in [0, 0.1) is 0 Å². The number of phenols is 1. The molecule has 0 bridgehead atoms. The number of imidazole rings is 1. The highest BCUT2D eigenvalue weighted by molar-refractivity contribution is 6.13. The molecule has 4 N–H and O–H groups in total. The Morgan fingerprint density at radius 1 is 1.11 bits per heavy atom. The fourth-order valence-corrected chi connectivity index (χ4v) is 2.00. The second-order valence-electron chi connectivity index (χ2n) is 4.10. The van der Waals surface area contributed by atoms with Crippen molar-refractivity contribution in [3.63, 3.8) is 0 Å². The summed E-state index contributed by atoms with van der Waals surface area (Å²) in [5.41, 5.74) is 2.70. The highest BCUT2D eigenvalue weighted by atomic mass is 16.3. The Morgan fingerprint density at radius 2 is 1.84 bits per heavy atom. The Labute approximate surface area is 109 Å². The molecule has 0 amide bonds. The van der Waals surface area contributed by atoms with Gasteiger partial charge in [0, 0.05) is 5.56 Å². The van der Waals surface area contributed by atoms with Crippen LogP contribution in [0.15, 0.2) is 53.6 Å². The molecule has 94 valence electrons. The first-order valence-corrected chi connectivity index (χ1v) is 5.81. The molecule has 0 radical (unpaired) electrons. The van der Waals surface area contributed by atoms with Crippen molar-refractivity contribution in [1.82, 2.24) is 9.97 Å². The molecule has 0 aliphatic carbocycles. The molecule has 0 spiro atoms. The number of nitrogens with two attached hydrogens (primary N) is 1. The van der Waals surface area contributed by atoms with Gasteiger partial charge in [-0.25, -0.2) is 4.98 Å². The molecular formula is C14H12N4O. The van der Waals surface area contributed by atoms with Gasteiger partial charge < -0.3 is 15.9 Å². The monoisotopic (exact) mass is 252 g/mol. The Balaban J connectivity index is 2.16. The number of aromatic hydroxyl groups is 1. The van der Waals surface area contributed by atoms with E-state index in [-0.39, 0.29) is 5.75 Å². The largest absolute Gasteiger partial charge is 0.507 e. The molecule has 3 rings (SSSR count). The summed E-state index contributed by atoms with van der Waals surface area (Å²) in [6.07, 6.45) is 0. The van der Waals surface area contributed by atoms with Crippen LogP contribution in [0.3, 0.4) is 0 Å². The molecule has 0 unspecified atom stereocenters. The van der Waals surface area contributed by atoms with Gasteiger partial charge in [-0.2, -0.15) is 5.10 Å². The topological polar surface area (TPSA) is 87.3 Å². The van der Waals surface area contributed by atoms with Gasteiger partial charge in [0.2, 0.25) is 0 Å². The number of rotatable bonds is 2. The van der Waals surface area contributed by atoms with Gasteiger partial charge in [0.1, 0.15) is 11.5 Å². The fourth-order valence-electron chi connectivity index (χ4n) is 2.00. The zero-order valence-electron chi connectivity index (χ0n) is 10.0. The number of hydrogen-bond acceptors (Lipinski definition) is 4. The average molecular weight is 252 g/mol. The molecule has 0 aliphatic heterocycles. The number of hydrogen-bond donors (Lipinski definition) is 3. The van der Waals surface area contributed by atoms with E-state index in [4.69, 9.17) is 5.84 Å². The van der Waals surface area contributed by atoms with Crippen LogP contribution in [-0.2, 0) is 0 Å². The van der Waals surface area contributed by atoms with E-state index in [0.29, 0.717) is 17.1 Å². The predicted molar refractivity (Wildman–Crippen MR) is 74.0 cm³/mol. The normalized spacial score (nSPS) is 11.9. The lowest BCUT2D eigenvalue weighted by molar-refractivity contribution is 0.474. The summed E-state index contributed by atoms with van der Waals surface area (Å²) in [5.74, 6) is 6.09. The third-order valence-corrected chi connectivity index (χ3v) is 2.90. The smallest absolute Gasteiger partial charge is 0.159 e. The molecule has 5 nitrogen and oxygen atoms in total. The second-order valence-corrected chi connectivity index (χ2v) is 4.10. The number of nitrogens with one attached hydrogen (secondary N) is 1. The van der Waals surface area contributed by atoms with Crippen molar-refractivity contribution in [2.75, 3.05) is 0 Å². The van der Waals surface area contributed by atoms with Crippen molar-refractivity contribution in [3.05, 3.63) is 59.9 Å². The maximum atomic E-state index is 9.87. The van der Waals surface area contributed by atoms with E-state index >= 15 is 0 Å². The van der Waals surface area contributed by atoms with Gasteiger partial charge in [0.25, 0.3) is 0 Å². The minimum absolute atomic E-state index is 0.118. The SMILES string of the molecule is N/N=C(/c1nc2ccccc2[nH]1)c1ccccc1O. The third kappa shape index (κ3) is 1.91. The molecule has 1 heterocycles. The number of para-hydroxylation sites is 3. The molecule has 1 aromatic heterocycles. The van der Waals surface area contributed by atoms with E-state index in [9.17, 15) is 5.11 Å². The van der Waals surface area contributed by atoms with E-state index in [0.717, 1.165) is 11.0 Å². The van der Waals surface area contributed by atoms with Gasteiger partial charge in [-0.3, -0.25) is 0 Å². The average Bonchev–Trinajstić information content (AvgIpc) is 2.85. The molecule has 0 aliphatic rings. The van der Waals surface area contributed by atoms with Crippen LogP contribution >= 0.6 is 0 Å². The number of phenolic OH excluding ortho intramolecular Hbond substituents is 1. The third-order valence-electron chi connectivity index (χ3n) is 2.90. The van der Waals surface area contributed by atoms with Gasteiger partial charge in [-0.1, -0.05) is 24.3 Å². The first-order chi connectivity index (χ1) is 9.29. The number of nitrogens with zero attached hydrogens (tertiary/aromatic N) is 2. The maximum absolute atomic E-state index is 9.87. The van der Waals surface area contributed by atoms with Gasteiger partial charge >= 0.3 is 0 Å². The Hall–Kier alpha value is -2.82. The van der Waals surface area contributed by atoms with Gasteiger partial charge in [-0.05, 0) is 24.3 Å². The summed E-state index contributed by atoms with van der Waals surface area (Å²) in [5, 5.41) is 13.6. The number of hydrazone groups is 1. The molecule has 0 fully saturated rings. The van der Waals surface area contributed by atoms with Crippen molar-refractivity contribution in [2.45, 2.75) is 0 Å². The van der Waals surface area contributed by atoms with Crippen molar-refractivity contribution in [1.29, 1.82) is 0 Å². The minimum Gasteiger partial charge on any atom is -0.507 e. The number of benzene rings is 2. The van der Waals surface area contributed by atoms with Crippen LogP contribution in [0.1, 0.15) is 11.4 Å². The lowest BCUT2D eigenvalue weighted by Crippen LogP contribution is -2.08. The maximum Gasteiger partial charge on any atom is 0.159 e. The highest BCUT2D eigenvalue weighted by Gasteiger charge is 2.14. The zero-order valence-corrected chi connectivity index (χ0v) is 10.0. The fraction of sp³-hybridized carbons (Fsp3) is 0. The summed E-state index contributed by atoms with van der Waals surface area (Å²) in [6, 6.07) is 14.5. The molecule has 0 saturated carbocycles. The first-order valence-electron chi connectivity index (χ1n) is 5.81. The molecule has 5 heteroatoms. The summed E-state index contributed by atoms with van der Waals surface area (Å²) < 4.78 is 0. The standard InChI is InChI=1S/C14H12N4O/c15-18-13(9-5-1-4-8-12(9)19)14-16-10-6-2-3-7-11(10)17-14/h1-8,19H,15H2,(H,16,17)/b18-13+.